The molecule has 0 spiro atoms. The Labute approximate surface area is 109 Å². The van der Waals surface area contributed by atoms with E-state index in [0.717, 1.165) is 0 Å². The molecule has 0 nitrogen and oxygen atoms in total. The lowest BCUT2D eigenvalue weighted by Gasteiger charge is -2.28. The van der Waals surface area contributed by atoms with Crippen molar-refractivity contribution in [1.82, 2.24) is 0 Å². The van der Waals surface area contributed by atoms with Gasteiger partial charge in [-0.15, -0.1) is 0 Å². The van der Waals surface area contributed by atoms with Crippen molar-refractivity contribution in [3.05, 3.63) is 33.7 Å². The van der Waals surface area contributed by atoms with Crippen molar-refractivity contribution in [1.29, 1.82) is 0 Å². The van der Waals surface area contributed by atoms with Gasteiger partial charge in [0.1, 0.15) is 0 Å². The summed E-state index contributed by atoms with van der Waals surface area (Å²) in [6, 6.07) is 0. The normalized spacial score (nSPS) is 22.3. The SMILES string of the molecule is CCP(C)C1=C(C(C)=C(C)C)CC(C)C=C1C. The summed E-state index contributed by atoms with van der Waals surface area (Å²) in [5, 5.41) is 1.68. The molecule has 1 heteroatoms. The second-order valence-corrected chi connectivity index (χ2v) is 7.97. The van der Waals surface area contributed by atoms with E-state index in [1.807, 2.05) is 0 Å². The van der Waals surface area contributed by atoms with Crippen molar-refractivity contribution in [3.63, 3.8) is 0 Å². The summed E-state index contributed by atoms with van der Waals surface area (Å²) < 4.78 is 0. The van der Waals surface area contributed by atoms with E-state index in [9.17, 15) is 0 Å². The minimum absolute atomic E-state index is 0.0257. The standard InChI is InChI=1S/C16H27P/c1-8-17(7)16-13(5)9-12(4)10-15(16)14(6)11(2)3/h9,12H,8,10H2,1-7H3. The van der Waals surface area contributed by atoms with Gasteiger partial charge in [-0.2, -0.15) is 0 Å². The fraction of sp³-hybridized carbons (Fsp3) is 0.625. The van der Waals surface area contributed by atoms with E-state index >= 15 is 0 Å². The van der Waals surface area contributed by atoms with Crippen molar-refractivity contribution in [2.75, 3.05) is 12.8 Å². The van der Waals surface area contributed by atoms with Gasteiger partial charge in [0.15, 0.2) is 0 Å². The summed E-state index contributed by atoms with van der Waals surface area (Å²) in [7, 11) is 0.0257. The number of rotatable bonds is 3. The van der Waals surface area contributed by atoms with Crippen LogP contribution in [0.1, 0.15) is 48.0 Å². The van der Waals surface area contributed by atoms with E-state index in [4.69, 9.17) is 0 Å². The van der Waals surface area contributed by atoms with Crippen LogP contribution in [0.4, 0.5) is 0 Å². The quantitative estimate of drug-likeness (QED) is 0.562. The zero-order chi connectivity index (χ0) is 13.2. The van der Waals surface area contributed by atoms with Crippen LogP contribution in [0.3, 0.4) is 0 Å². The van der Waals surface area contributed by atoms with Crippen molar-refractivity contribution < 1.29 is 0 Å². The molecule has 17 heavy (non-hydrogen) atoms. The molecule has 0 aromatic carbocycles. The van der Waals surface area contributed by atoms with E-state index in [1.54, 1.807) is 10.9 Å². The molecule has 0 bridgehead atoms. The number of hydrogen-bond donors (Lipinski definition) is 0. The highest BCUT2D eigenvalue weighted by Gasteiger charge is 2.21. The number of hydrogen-bond acceptors (Lipinski definition) is 0. The molecule has 96 valence electrons. The molecule has 1 aliphatic carbocycles. The van der Waals surface area contributed by atoms with Gasteiger partial charge in [-0.3, -0.25) is 0 Å². The van der Waals surface area contributed by atoms with Crippen LogP contribution < -0.4 is 0 Å². The van der Waals surface area contributed by atoms with Gasteiger partial charge >= 0.3 is 0 Å². The average Bonchev–Trinajstić information content (AvgIpc) is 2.25. The highest BCUT2D eigenvalue weighted by atomic mass is 31.1. The smallest absolute Gasteiger partial charge is 0.0182 e. The first-order chi connectivity index (χ1) is 7.88. The molecule has 0 saturated heterocycles. The first kappa shape index (κ1) is 14.7. The molecule has 0 aliphatic heterocycles. The van der Waals surface area contributed by atoms with Gasteiger partial charge < -0.3 is 0 Å². The van der Waals surface area contributed by atoms with E-state index in [-0.39, 0.29) is 7.92 Å². The third kappa shape index (κ3) is 3.32. The summed E-state index contributed by atoms with van der Waals surface area (Å²) in [4.78, 5) is 0. The molecule has 1 rings (SSSR count). The summed E-state index contributed by atoms with van der Waals surface area (Å²) >= 11 is 0. The van der Waals surface area contributed by atoms with Crippen LogP contribution >= 0.6 is 7.92 Å². The monoisotopic (exact) mass is 250 g/mol. The highest BCUT2D eigenvalue weighted by Crippen LogP contribution is 2.51. The largest absolute Gasteiger partial charge is 0.0782 e. The Bertz CT molecular complexity index is 378. The zero-order valence-corrected chi connectivity index (χ0v) is 13.4. The third-order valence-electron chi connectivity index (χ3n) is 3.78. The lowest BCUT2D eigenvalue weighted by molar-refractivity contribution is 0.700. The highest BCUT2D eigenvalue weighted by molar-refractivity contribution is 7.61. The Morgan fingerprint density at radius 3 is 2.41 bits per heavy atom. The summed E-state index contributed by atoms with van der Waals surface area (Å²) in [6.45, 7) is 16.2. The van der Waals surface area contributed by atoms with Crippen molar-refractivity contribution in [2.24, 2.45) is 5.92 Å². The number of allylic oxidation sites excluding steroid dienone is 6. The lowest BCUT2D eigenvalue weighted by atomic mass is 9.87. The molecule has 1 aliphatic rings. The summed E-state index contributed by atoms with van der Waals surface area (Å²) in [6.07, 6.45) is 4.99. The Morgan fingerprint density at radius 2 is 1.94 bits per heavy atom. The molecule has 0 N–H and O–H groups in total. The zero-order valence-electron chi connectivity index (χ0n) is 12.5. The molecular formula is C16H27P. The molecule has 2 unspecified atom stereocenters. The van der Waals surface area contributed by atoms with Gasteiger partial charge in [0.25, 0.3) is 0 Å². The Hall–Kier alpha value is -0.350. The Balaban J connectivity index is 3.33. The maximum atomic E-state index is 2.46. The summed E-state index contributed by atoms with van der Waals surface area (Å²) in [5.41, 5.74) is 6.18. The predicted molar refractivity (Wildman–Crippen MR) is 82.0 cm³/mol. The van der Waals surface area contributed by atoms with Gasteiger partial charge in [0.2, 0.25) is 0 Å². The molecule has 0 radical (unpaired) electrons. The van der Waals surface area contributed by atoms with Gasteiger partial charge in [0, 0.05) is 0 Å². The van der Waals surface area contributed by atoms with Gasteiger partial charge in [-0.1, -0.05) is 33.4 Å². The van der Waals surface area contributed by atoms with Crippen LogP contribution in [0.5, 0.6) is 0 Å². The van der Waals surface area contributed by atoms with E-state index < -0.39 is 0 Å². The molecular weight excluding hydrogens is 223 g/mol. The van der Waals surface area contributed by atoms with E-state index in [2.05, 4.69) is 54.3 Å². The first-order valence-electron chi connectivity index (χ1n) is 6.66. The van der Waals surface area contributed by atoms with Crippen molar-refractivity contribution in [2.45, 2.75) is 48.0 Å². The molecule has 0 aromatic heterocycles. The molecule has 0 amide bonds. The van der Waals surface area contributed by atoms with Crippen LogP contribution in [0.25, 0.3) is 0 Å². The van der Waals surface area contributed by atoms with Gasteiger partial charge in [0.05, 0.1) is 0 Å². The average molecular weight is 250 g/mol. The van der Waals surface area contributed by atoms with Crippen LogP contribution in [0.15, 0.2) is 33.7 Å². The fourth-order valence-electron chi connectivity index (χ4n) is 2.54. The van der Waals surface area contributed by atoms with Gasteiger partial charge in [-0.05, 0) is 74.9 Å². The third-order valence-corrected chi connectivity index (χ3v) is 6.11. The second-order valence-electron chi connectivity index (χ2n) is 5.50. The van der Waals surface area contributed by atoms with Crippen LogP contribution in [-0.2, 0) is 0 Å². The molecule has 0 fully saturated rings. The maximum Gasteiger partial charge on any atom is -0.0182 e. The van der Waals surface area contributed by atoms with Gasteiger partial charge in [-0.25, -0.2) is 0 Å². The Kier molecular flexibility index (Phi) is 5.20. The lowest BCUT2D eigenvalue weighted by Crippen LogP contribution is -2.07. The summed E-state index contributed by atoms with van der Waals surface area (Å²) in [5.74, 6) is 0.698. The van der Waals surface area contributed by atoms with E-state index in [0.29, 0.717) is 5.92 Å². The van der Waals surface area contributed by atoms with Crippen molar-refractivity contribution in [3.8, 4) is 0 Å². The predicted octanol–water partition coefficient (Wildman–Crippen LogP) is 5.71. The topological polar surface area (TPSA) is 0 Å². The molecule has 0 saturated carbocycles. The second kappa shape index (κ2) is 6.01. The minimum Gasteiger partial charge on any atom is -0.0782 e. The molecule has 0 aromatic rings. The van der Waals surface area contributed by atoms with Crippen LogP contribution in [0, 0.1) is 5.92 Å². The molecule has 0 heterocycles. The molecule has 2 atom stereocenters. The maximum absolute atomic E-state index is 2.46. The van der Waals surface area contributed by atoms with E-state index in [1.165, 1.54) is 29.3 Å². The minimum atomic E-state index is 0.0257. The fourth-order valence-corrected chi connectivity index (χ4v) is 4.26. The van der Waals surface area contributed by atoms with Crippen LogP contribution in [-0.4, -0.2) is 12.8 Å². The van der Waals surface area contributed by atoms with Crippen LogP contribution in [0.2, 0.25) is 0 Å². The Morgan fingerprint density at radius 1 is 1.35 bits per heavy atom. The first-order valence-corrected chi connectivity index (χ1v) is 8.63. The van der Waals surface area contributed by atoms with Crippen molar-refractivity contribution >= 4 is 7.92 Å².